The molecule has 0 spiro atoms. The van der Waals surface area contributed by atoms with Crippen molar-refractivity contribution >= 4 is 14.2 Å². The van der Waals surface area contributed by atoms with Crippen molar-refractivity contribution in [2.24, 2.45) is 0 Å². The second-order valence-electron chi connectivity index (χ2n) is 4.84. The molecule has 2 aromatic carbocycles. The Kier molecular flexibility index (Phi) is 4.63. The summed E-state index contributed by atoms with van der Waals surface area (Å²) in [6, 6.07) is 18.4. The van der Waals surface area contributed by atoms with Gasteiger partial charge in [0.25, 0.3) is 9.04 Å². The van der Waals surface area contributed by atoms with Crippen LogP contribution in [0.3, 0.4) is 0 Å². The first-order chi connectivity index (χ1) is 9.22. The predicted molar refractivity (Wildman–Crippen MR) is 81.9 cm³/mol. The fraction of sp³-hybridized carbons (Fsp3) is 0.250. The van der Waals surface area contributed by atoms with Gasteiger partial charge in [0, 0.05) is 0 Å². The molecule has 100 valence electrons. The number of hydrogen-bond donors (Lipinski definition) is 0. The lowest BCUT2D eigenvalue weighted by molar-refractivity contribution is 0.393. The standard InChI is InChI=1S/C16H20O2Si/c1-13(2)19(14-9-5-4-6-10-14)18-16-12-8-7-11-15(16)17-3/h4-13,19H,1-3H3. The molecular weight excluding hydrogens is 252 g/mol. The number of benzene rings is 2. The van der Waals surface area contributed by atoms with E-state index in [9.17, 15) is 0 Å². The molecular formula is C16H20O2Si. The van der Waals surface area contributed by atoms with Gasteiger partial charge < -0.3 is 9.16 Å². The van der Waals surface area contributed by atoms with Crippen molar-refractivity contribution in [3.63, 3.8) is 0 Å². The molecule has 0 bridgehead atoms. The Morgan fingerprint density at radius 3 is 2.00 bits per heavy atom. The smallest absolute Gasteiger partial charge is 0.269 e. The summed E-state index contributed by atoms with van der Waals surface area (Å²) in [5.74, 6) is 1.65. The maximum atomic E-state index is 6.30. The first-order valence-corrected chi connectivity index (χ1v) is 8.28. The van der Waals surface area contributed by atoms with Crippen LogP contribution in [0, 0.1) is 0 Å². The quantitative estimate of drug-likeness (QED) is 0.779. The third kappa shape index (κ3) is 3.38. The number of methoxy groups -OCH3 is 1. The van der Waals surface area contributed by atoms with Gasteiger partial charge in [-0.1, -0.05) is 56.3 Å². The molecule has 0 saturated carbocycles. The minimum absolute atomic E-state index is 0.521. The molecule has 2 nitrogen and oxygen atoms in total. The van der Waals surface area contributed by atoms with Crippen LogP contribution >= 0.6 is 0 Å². The van der Waals surface area contributed by atoms with Crippen LogP contribution in [-0.2, 0) is 0 Å². The summed E-state index contributed by atoms with van der Waals surface area (Å²) in [7, 11) is 0.163. The fourth-order valence-electron chi connectivity index (χ4n) is 2.08. The van der Waals surface area contributed by atoms with Crippen molar-refractivity contribution in [2.45, 2.75) is 19.4 Å². The minimum Gasteiger partial charge on any atom is -0.539 e. The topological polar surface area (TPSA) is 18.5 Å². The van der Waals surface area contributed by atoms with Gasteiger partial charge in [-0.15, -0.1) is 0 Å². The van der Waals surface area contributed by atoms with Crippen LogP contribution in [0.25, 0.3) is 0 Å². The molecule has 0 aliphatic rings. The lowest BCUT2D eigenvalue weighted by Gasteiger charge is -2.22. The third-order valence-electron chi connectivity index (χ3n) is 3.06. The number of para-hydroxylation sites is 2. The van der Waals surface area contributed by atoms with E-state index in [0.717, 1.165) is 11.5 Å². The zero-order valence-corrected chi connectivity index (χ0v) is 12.8. The maximum Gasteiger partial charge on any atom is 0.269 e. The van der Waals surface area contributed by atoms with Crippen LogP contribution in [0.4, 0.5) is 0 Å². The lowest BCUT2D eigenvalue weighted by atomic mass is 10.3. The molecule has 0 aliphatic heterocycles. The largest absolute Gasteiger partial charge is 0.539 e. The van der Waals surface area contributed by atoms with Gasteiger partial charge in [0.1, 0.15) is 5.75 Å². The monoisotopic (exact) mass is 272 g/mol. The Balaban J connectivity index is 2.27. The summed E-state index contributed by atoms with van der Waals surface area (Å²) < 4.78 is 11.7. The van der Waals surface area contributed by atoms with Crippen LogP contribution in [0.2, 0.25) is 5.54 Å². The zero-order valence-electron chi connectivity index (χ0n) is 11.7. The summed E-state index contributed by atoms with van der Waals surface area (Å²) in [5.41, 5.74) is 0.521. The van der Waals surface area contributed by atoms with Crippen molar-refractivity contribution in [1.29, 1.82) is 0 Å². The molecule has 2 rings (SSSR count). The molecule has 2 aromatic rings. The first kappa shape index (κ1) is 13.7. The zero-order chi connectivity index (χ0) is 13.7. The molecule has 0 aromatic heterocycles. The van der Waals surface area contributed by atoms with E-state index in [1.807, 2.05) is 30.3 Å². The average molecular weight is 272 g/mol. The molecule has 1 unspecified atom stereocenters. The van der Waals surface area contributed by atoms with Crippen LogP contribution in [0.5, 0.6) is 11.5 Å². The lowest BCUT2D eigenvalue weighted by Crippen LogP contribution is -2.39. The molecule has 0 saturated heterocycles. The van der Waals surface area contributed by atoms with Gasteiger partial charge in [-0.25, -0.2) is 0 Å². The van der Waals surface area contributed by atoms with Gasteiger partial charge in [-0.2, -0.15) is 0 Å². The Hall–Kier alpha value is -1.74. The van der Waals surface area contributed by atoms with E-state index in [-0.39, 0.29) is 0 Å². The molecule has 3 heteroatoms. The van der Waals surface area contributed by atoms with Gasteiger partial charge in [0.15, 0.2) is 5.75 Å². The summed E-state index contributed by atoms with van der Waals surface area (Å²) >= 11 is 0. The van der Waals surface area contributed by atoms with E-state index in [1.165, 1.54) is 5.19 Å². The van der Waals surface area contributed by atoms with E-state index in [0.29, 0.717) is 5.54 Å². The molecule has 1 atom stereocenters. The maximum absolute atomic E-state index is 6.30. The number of hydrogen-bond acceptors (Lipinski definition) is 2. The Morgan fingerprint density at radius 1 is 0.842 bits per heavy atom. The fourth-order valence-corrected chi connectivity index (χ4v) is 4.33. The highest BCUT2D eigenvalue weighted by Crippen LogP contribution is 2.27. The number of rotatable bonds is 5. The third-order valence-corrected chi connectivity index (χ3v) is 5.82. The van der Waals surface area contributed by atoms with Crippen LogP contribution in [-0.4, -0.2) is 16.2 Å². The first-order valence-electron chi connectivity index (χ1n) is 6.57. The van der Waals surface area contributed by atoms with Crippen molar-refractivity contribution < 1.29 is 9.16 Å². The van der Waals surface area contributed by atoms with Crippen molar-refractivity contribution in [3.8, 4) is 11.5 Å². The second-order valence-corrected chi connectivity index (χ2v) is 7.92. The average Bonchev–Trinajstić information content (AvgIpc) is 2.45. The molecule has 0 amide bonds. The Bertz CT molecular complexity index is 511. The van der Waals surface area contributed by atoms with E-state index in [2.05, 4.69) is 38.1 Å². The van der Waals surface area contributed by atoms with Crippen LogP contribution in [0.1, 0.15) is 13.8 Å². The highest BCUT2D eigenvalue weighted by Gasteiger charge is 2.22. The molecule has 0 aliphatic carbocycles. The van der Waals surface area contributed by atoms with E-state index < -0.39 is 9.04 Å². The van der Waals surface area contributed by atoms with Gasteiger partial charge in [0.05, 0.1) is 7.11 Å². The van der Waals surface area contributed by atoms with Crippen LogP contribution < -0.4 is 14.3 Å². The highest BCUT2D eigenvalue weighted by atomic mass is 28.3. The van der Waals surface area contributed by atoms with Gasteiger partial charge in [-0.3, -0.25) is 0 Å². The molecule has 0 radical (unpaired) electrons. The molecule has 0 fully saturated rings. The van der Waals surface area contributed by atoms with Gasteiger partial charge in [0.2, 0.25) is 0 Å². The number of ether oxygens (including phenoxy) is 1. The minimum atomic E-state index is -1.51. The predicted octanol–water partition coefficient (Wildman–Crippen LogP) is 3.12. The molecule has 0 N–H and O–H groups in total. The van der Waals surface area contributed by atoms with Crippen molar-refractivity contribution in [1.82, 2.24) is 0 Å². The van der Waals surface area contributed by atoms with E-state index in [1.54, 1.807) is 7.11 Å². The highest BCUT2D eigenvalue weighted by molar-refractivity contribution is 6.69. The summed E-state index contributed by atoms with van der Waals surface area (Å²) in [4.78, 5) is 0. The van der Waals surface area contributed by atoms with E-state index in [4.69, 9.17) is 9.16 Å². The van der Waals surface area contributed by atoms with Gasteiger partial charge in [-0.05, 0) is 22.9 Å². The molecule has 19 heavy (non-hydrogen) atoms. The summed E-state index contributed by atoms with van der Waals surface area (Å²) in [6.07, 6.45) is 0. The Morgan fingerprint density at radius 2 is 1.42 bits per heavy atom. The summed E-state index contributed by atoms with van der Waals surface area (Å²) in [6.45, 7) is 4.44. The van der Waals surface area contributed by atoms with Crippen LogP contribution in [0.15, 0.2) is 54.6 Å². The van der Waals surface area contributed by atoms with Gasteiger partial charge >= 0.3 is 0 Å². The van der Waals surface area contributed by atoms with E-state index >= 15 is 0 Å². The van der Waals surface area contributed by atoms with Crippen molar-refractivity contribution in [2.75, 3.05) is 7.11 Å². The van der Waals surface area contributed by atoms with Crippen molar-refractivity contribution in [3.05, 3.63) is 54.6 Å². The Labute approximate surface area is 116 Å². The molecule has 0 heterocycles. The summed E-state index contributed by atoms with van der Waals surface area (Å²) in [5, 5.41) is 1.32. The normalized spacial score (nSPS) is 12.2. The second kappa shape index (κ2) is 6.43. The SMILES string of the molecule is COc1ccccc1O[SiH](c1ccccc1)C(C)C.